The number of imidazole rings is 1. The molecular formula is C13H22N4. The van der Waals surface area contributed by atoms with E-state index in [9.17, 15) is 0 Å². The van der Waals surface area contributed by atoms with Crippen LogP contribution in [0.2, 0.25) is 0 Å². The zero-order valence-corrected chi connectivity index (χ0v) is 10.4. The molecular weight excluding hydrogens is 212 g/mol. The Labute approximate surface area is 103 Å². The Hall–Kier alpha value is -1.03. The van der Waals surface area contributed by atoms with Crippen LogP contribution in [0.25, 0.3) is 0 Å². The first-order chi connectivity index (χ1) is 8.38. The van der Waals surface area contributed by atoms with Gasteiger partial charge in [-0.15, -0.1) is 0 Å². The Bertz CT molecular complexity index is 367. The van der Waals surface area contributed by atoms with Gasteiger partial charge in [0.15, 0.2) is 0 Å². The summed E-state index contributed by atoms with van der Waals surface area (Å²) in [6.45, 7) is 3.01. The van der Waals surface area contributed by atoms with E-state index in [1.807, 2.05) is 6.20 Å². The van der Waals surface area contributed by atoms with E-state index >= 15 is 0 Å². The molecule has 17 heavy (non-hydrogen) atoms. The molecule has 2 fully saturated rings. The summed E-state index contributed by atoms with van der Waals surface area (Å²) in [5, 5.41) is 0. The molecule has 1 aromatic rings. The highest BCUT2D eigenvalue weighted by atomic mass is 15.3. The lowest BCUT2D eigenvalue weighted by Crippen LogP contribution is -2.26. The molecule has 0 spiro atoms. The highest BCUT2D eigenvalue weighted by Gasteiger charge is 2.27. The van der Waals surface area contributed by atoms with Crippen molar-refractivity contribution in [2.75, 3.05) is 24.5 Å². The number of nitrogens with zero attached hydrogens (tertiary/aromatic N) is 3. The smallest absolute Gasteiger partial charge is 0.205 e. The minimum atomic E-state index is 0.656. The number of hydrogen-bond donors (Lipinski definition) is 1. The average molecular weight is 234 g/mol. The standard InChI is InChI=1S/C13H22N4/c14-9-11-5-7-16(10-11)13-15-6-8-17(13)12-3-1-2-4-12/h6,8,11-12H,1-5,7,9-10,14H2. The summed E-state index contributed by atoms with van der Waals surface area (Å²) >= 11 is 0. The van der Waals surface area contributed by atoms with E-state index in [0.29, 0.717) is 12.0 Å². The predicted molar refractivity (Wildman–Crippen MR) is 69.1 cm³/mol. The third kappa shape index (κ3) is 2.06. The maximum absolute atomic E-state index is 5.76. The van der Waals surface area contributed by atoms with Crippen LogP contribution in [0.3, 0.4) is 0 Å². The summed E-state index contributed by atoms with van der Waals surface area (Å²) in [5.74, 6) is 1.83. The summed E-state index contributed by atoms with van der Waals surface area (Å²) in [5.41, 5.74) is 5.76. The predicted octanol–water partition coefficient (Wildman–Crippen LogP) is 1.78. The molecule has 0 amide bonds. The van der Waals surface area contributed by atoms with Gasteiger partial charge < -0.3 is 15.2 Å². The molecule has 1 aromatic heterocycles. The number of nitrogens with two attached hydrogens (primary N) is 1. The lowest BCUT2D eigenvalue weighted by Gasteiger charge is -2.22. The van der Waals surface area contributed by atoms with Crippen molar-refractivity contribution in [2.45, 2.75) is 38.1 Å². The van der Waals surface area contributed by atoms with Crippen molar-refractivity contribution in [3.63, 3.8) is 0 Å². The van der Waals surface area contributed by atoms with E-state index in [0.717, 1.165) is 19.6 Å². The molecule has 0 aromatic carbocycles. The van der Waals surface area contributed by atoms with Crippen molar-refractivity contribution in [3.05, 3.63) is 12.4 Å². The molecule has 2 N–H and O–H groups in total. The SMILES string of the molecule is NCC1CCN(c2nccn2C2CCCC2)C1. The summed E-state index contributed by atoms with van der Waals surface area (Å²) in [6, 6.07) is 0.685. The Morgan fingerprint density at radius 2 is 2.12 bits per heavy atom. The van der Waals surface area contributed by atoms with Crippen LogP contribution >= 0.6 is 0 Å². The van der Waals surface area contributed by atoms with Crippen molar-refractivity contribution in [2.24, 2.45) is 11.7 Å². The van der Waals surface area contributed by atoms with Crippen LogP contribution in [0.5, 0.6) is 0 Å². The maximum Gasteiger partial charge on any atom is 0.205 e. The lowest BCUT2D eigenvalue weighted by molar-refractivity contribution is 0.514. The van der Waals surface area contributed by atoms with E-state index in [2.05, 4.69) is 20.6 Å². The number of aromatic nitrogens is 2. The topological polar surface area (TPSA) is 47.1 Å². The second-order valence-corrected chi connectivity index (χ2v) is 5.41. The van der Waals surface area contributed by atoms with Gasteiger partial charge in [-0.1, -0.05) is 12.8 Å². The summed E-state index contributed by atoms with van der Waals surface area (Å²) in [4.78, 5) is 6.97. The first-order valence-electron chi connectivity index (χ1n) is 6.86. The van der Waals surface area contributed by atoms with Crippen LogP contribution in [0.4, 0.5) is 5.95 Å². The molecule has 1 unspecified atom stereocenters. The quantitative estimate of drug-likeness (QED) is 0.867. The molecule has 2 aliphatic rings. The number of hydrogen-bond acceptors (Lipinski definition) is 3. The Morgan fingerprint density at radius 3 is 2.82 bits per heavy atom. The van der Waals surface area contributed by atoms with Crippen LogP contribution < -0.4 is 10.6 Å². The van der Waals surface area contributed by atoms with E-state index in [1.165, 1.54) is 38.1 Å². The Balaban J connectivity index is 1.77. The van der Waals surface area contributed by atoms with Gasteiger partial charge in [-0.05, 0) is 31.7 Å². The van der Waals surface area contributed by atoms with Gasteiger partial charge in [0.1, 0.15) is 0 Å². The molecule has 1 aliphatic carbocycles. The van der Waals surface area contributed by atoms with E-state index < -0.39 is 0 Å². The second-order valence-electron chi connectivity index (χ2n) is 5.41. The molecule has 1 atom stereocenters. The first-order valence-corrected chi connectivity index (χ1v) is 6.86. The van der Waals surface area contributed by atoms with Crippen LogP contribution in [-0.4, -0.2) is 29.2 Å². The normalized spacial score (nSPS) is 25.9. The maximum atomic E-state index is 5.76. The van der Waals surface area contributed by atoms with Crippen molar-refractivity contribution in [1.29, 1.82) is 0 Å². The summed E-state index contributed by atoms with van der Waals surface area (Å²) < 4.78 is 2.39. The van der Waals surface area contributed by atoms with Crippen molar-refractivity contribution in [3.8, 4) is 0 Å². The van der Waals surface area contributed by atoms with E-state index in [-0.39, 0.29) is 0 Å². The van der Waals surface area contributed by atoms with Crippen LogP contribution in [0.15, 0.2) is 12.4 Å². The summed E-state index contributed by atoms with van der Waals surface area (Å²) in [6.07, 6.45) is 10.7. The average Bonchev–Trinajstić information content (AvgIpc) is 3.09. The molecule has 4 nitrogen and oxygen atoms in total. The molecule has 1 saturated carbocycles. The van der Waals surface area contributed by atoms with Crippen LogP contribution in [0, 0.1) is 5.92 Å². The molecule has 2 heterocycles. The Kier molecular flexibility index (Phi) is 3.05. The van der Waals surface area contributed by atoms with Gasteiger partial charge in [0, 0.05) is 31.5 Å². The third-order valence-corrected chi connectivity index (χ3v) is 4.27. The lowest BCUT2D eigenvalue weighted by atomic mass is 10.1. The summed E-state index contributed by atoms with van der Waals surface area (Å²) in [7, 11) is 0. The molecule has 94 valence electrons. The largest absolute Gasteiger partial charge is 0.342 e. The molecule has 3 rings (SSSR count). The zero-order chi connectivity index (χ0) is 11.7. The van der Waals surface area contributed by atoms with Crippen LogP contribution in [0.1, 0.15) is 38.1 Å². The fourth-order valence-electron chi connectivity index (χ4n) is 3.22. The molecule has 0 radical (unpaired) electrons. The molecule has 1 aliphatic heterocycles. The second kappa shape index (κ2) is 4.69. The fraction of sp³-hybridized carbons (Fsp3) is 0.769. The fourth-order valence-corrected chi connectivity index (χ4v) is 3.22. The van der Waals surface area contributed by atoms with Gasteiger partial charge >= 0.3 is 0 Å². The van der Waals surface area contributed by atoms with Crippen molar-refractivity contribution in [1.82, 2.24) is 9.55 Å². The van der Waals surface area contributed by atoms with Crippen molar-refractivity contribution < 1.29 is 0 Å². The van der Waals surface area contributed by atoms with Gasteiger partial charge in [-0.25, -0.2) is 4.98 Å². The van der Waals surface area contributed by atoms with Gasteiger partial charge in [-0.3, -0.25) is 0 Å². The highest BCUT2D eigenvalue weighted by Crippen LogP contribution is 2.33. The van der Waals surface area contributed by atoms with E-state index in [4.69, 9.17) is 5.73 Å². The highest BCUT2D eigenvalue weighted by molar-refractivity contribution is 5.34. The molecule has 1 saturated heterocycles. The van der Waals surface area contributed by atoms with E-state index in [1.54, 1.807) is 0 Å². The monoisotopic (exact) mass is 234 g/mol. The van der Waals surface area contributed by atoms with Gasteiger partial charge in [0.2, 0.25) is 5.95 Å². The minimum Gasteiger partial charge on any atom is -0.342 e. The molecule has 0 bridgehead atoms. The number of anilines is 1. The zero-order valence-electron chi connectivity index (χ0n) is 10.4. The van der Waals surface area contributed by atoms with Gasteiger partial charge in [0.05, 0.1) is 0 Å². The molecule has 4 heteroatoms. The number of rotatable bonds is 3. The van der Waals surface area contributed by atoms with Gasteiger partial charge in [0.25, 0.3) is 0 Å². The van der Waals surface area contributed by atoms with Gasteiger partial charge in [-0.2, -0.15) is 0 Å². The Morgan fingerprint density at radius 1 is 1.29 bits per heavy atom. The van der Waals surface area contributed by atoms with Crippen molar-refractivity contribution >= 4 is 5.95 Å². The first kappa shape index (κ1) is 11.1. The minimum absolute atomic E-state index is 0.656. The van der Waals surface area contributed by atoms with Crippen LogP contribution in [-0.2, 0) is 0 Å². The third-order valence-electron chi connectivity index (χ3n) is 4.27.